The summed E-state index contributed by atoms with van der Waals surface area (Å²) in [5.74, 6) is 0. The second-order valence-electron chi connectivity index (χ2n) is 3.62. The largest absolute Gasteiger partial charge is 0.392 e. The Labute approximate surface area is 74.9 Å². The van der Waals surface area contributed by atoms with Gasteiger partial charge in [0.15, 0.2) is 0 Å². The molecule has 0 aromatic heterocycles. The van der Waals surface area contributed by atoms with Crippen LogP contribution in [0.1, 0.15) is 26.7 Å². The molecule has 1 aliphatic rings. The summed E-state index contributed by atoms with van der Waals surface area (Å²) in [6.07, 6.45) is 4.14. The quantitative estimate of drug-likeness (QED) is 0.646. The van der Waals surface area contributed by atoms with E-state index in [-0.39, 0.29) is 6.10 Å². The van der Waals surface area contributed by atoms with Crippen LogP contribution in [0.5, 0.6) is 0 Å². The Balaban J connectivity index is 2.27. The van der Waals surface area contributed by atoms with E-state index in [4.69, 9.17) is 0 Å². The molecule has 1 heterocycles. The fourth-order valence-electron chi connectivity index (χ4n) is 1.41. The molecule has 70 valence electrons. The first-order valence-corrected chi connectivity index (χ1v) is 4.78. The van der Waals surface area contributed by atoms with Crippen molar-refractivity contribution in [3.05, 3.63) is 11.6 Å². The molecule has 0 bridgehead atoms. The standard InChI is InChI=1S/C10H19NO/c1-3-10(12)8-11-6-4-9(2)5-7-11/h4,10,12H,3,5-8H2,1-2H3/t10-/m1/s1. The van der Waals surface area contributed by atoms with Crippen molar-refractivity contribution in [3.63, 3.8) is 0 Å². The van der Waals surface area contributed by atoms with Gasteiger partial charge in [-0.2, -0.15) is 0 Å². The number of nitrogens with zero attached hydrogens (tertiary/aromatic N) is 1. The molecule has 0 radical (unpaired) electrons. The van der Waals surface area contributed by atoms with Crippen LogP contribution >= 0.6 is 0 Å². The third kappa shape index (κ3) is 2.95. The van der Waals surface area contributed by atoms with Gasteiger partial charge >= 0.3 is 0 Å². The highest BCUT2D eigenvalue weighted by atomic mass is 16.3. The van der Waals surface area contributed by atoms with Crippen LogP contribution in [0.4, 0.5) is 0 Å². The highest BCUT2D eigenvalue weighted by Gasteiger charge is 2.11. The van der Waals surface area contributed by atoms with E-state index in [0.29, 0.717) is 0 Å². The topological polar surface area (TPSA) is 23.5 Å². The fourth-order valence-corrected chi connectivity index (χ4v) is 1.41. The monoisotopic (exact) mass is 169 g/mol. The van der Waals surface area contributed by atoms with Gasteiger partial charge in [-0.3, -0.25) is 4.90 Å². The molecular formula is C10H19NO. The van der Waals surface area contributed by atoms with E-state index < -0.39 is 0 Å². The van der Waals surface area contributed by atoms with Gasteiger partial charge in [0.25, 0.3) is 0 Å². The maximum absolute atomic E-state index is 9.41. The average Bonchev–Trinajstić information content (AvgIpc) is 2.09. The normalized spacial score (nSPS) is 22.1. The Hall–Kier alpha value is -0.340. The molecule has 1 aliphatic heterocycles. The van der Waals surface area contributed by atoms with Crippen LogP contribution in [-0.2, 0) is 0 Å². The van der Waals surface area contributed by atoms with E-state index in [9.17, 15) is 5.11 Å². The summed E-state index contributed by atoms with van der Waals surface area (Å²) in [7, 11) is 0. The van der Waals surface area contributed by atoms with E-state index in [0.717, 1.165) is 32.5 Å². The van der Waals surface area contributed by atoms with E-state index in [1.807, 2.05) is 6.92 Å². The zero-order valence-corrected chi connectivity index (χ0v) is 8.08. The van der Waals surface area contributed by atoms with Gasteiger partial charge in [0.05, 0.1) is 6.10 Å². The van der Waals surface area contributed by atoms with Crippen LogP contribution in [0.25, 0.3) is 0 Å². The minimum Gasteiger partial charge on any atom is -0.392 e. The van der Waals surface area contributed by atoms with E-state index in [1.165, 1.54) is 5.57 Å². The third-order valence-corrected chi connectivity index (χ3v) is 2.46. The van der Waals surface area contributed by atoms with Gasteiger partial charge < -0.3 is 5.11 Å². The summed E-state index contributed by atoms with van der Waals surface area (Å²) in [5.41, 5.74) is 1.48. The highest BCUT2D eigenvalue weighted by Crippen LogP contribution is 2.09. The van der Waals surface area contributed by atoms with Crippen LogP contribution in [-0.4, -0.2) is 35.7 Å². The molecule has 0 amide bonds. The molecule has 0 aromatic carbocycles. The van der Waals surface area contributed by atoms with Gasteiger partial charge in [-0.05, 0) is 19.8 Å². The van der Waals surface area contributed by atoms with Crippen molar-refractivity contribution >= 4 is 0 Å². The average molecular weight is 169 g/mol. The van der Waals surface area contributed by atoms with Gasteiger partial charge in [-0.1, -0.05) is 18.6 Å². The number of rotatable bonds is 3. The first-order chi connectivity index (χ1) is 5.72. The van der Waals surface area contributed by atoms with E-state index >= 15 is 0 Å². The van der Waals surface area contributed by atoms with Crippen molar-refractivity contribution in [1.82, 2.24) is 4.90 Å². The minimum atomic E-state index is -0.142. The van der Waals surface area contributed by atoms with Crippen molar-refractivity contribution in [2.75, 3.05) is 19.6 Å². The molecule has 0 fully saturated rings. The molecule has 0 saturated carbocycles. The maximum Gasteiger partial charge on any atom is 0.0664 e. The van der Waals surface area contributed by atoms with Crippen molar-refractivity contribution in [2.24, 2.45) is 0 Å². The molecular weight excluding hydrogens is 150 g/mol. The zero-order valence-electron chi connectivity index (χ0n) is 8.08. The highest BCUT2D eigenvalue weighted by molar-refractivity contribution is 5.03. The van der Waals surface area contributed by atoms with Crippen molar-refractivity contribution in [3.8, 4) is 0 Å². The molecule has 12 heavy (non-hydrogen) atoms. The predicted octanol–water partition coefficient (Wildman–Crippen LogP) is 1.41. The van der Waals surface area contributed by atoms with Crippen LogP contribution in [0, 0.1) is 0 Å². The summed E-state index contributed by atoms with van der Waals surface area (Å²) < 4.78 is 0. The number of β-amino-alcohol motifs (C(OH)–C–C–N with tert-alkyl or cyclic N) is 1. The summed E-state index contributed by atoms with van der Waals surface area (Å²) >= 11 is 0. The molecule has 0 saturated heterocycles. The number of hydrogen-bond donors (Lipinski definition) is 1. The van der Waals surface area contributed by atoms with Gasteiger partial charge in [0.2, 0.25) is 0 Å². The number of aliphatic hydroxyl groups excluding tert-OH is 1. The lowest BCUT2D eigenvalue weighted by molar-refractivity contribution is 0.113. The Morgan fingerprint density at radius 2 is 2.42 bits per heavy atom. The Bertz CT molecular complexity index is 165. The fraction of sp³-hybridized carbons (Fsp3) is 0.800. The SMILES string of the molecule is CC[C@@H](O)CN1CC=C(C)CC1. The summed E-state index contributed by atoms with van der Waals surface area (Å²) in [5, 5.41) is 9.41. The van der Waals surface area contributed by atoms with Gasteiger partial charge in [-0.25, -0.2) is 0 Å². The van der Waals surface area contributed by atoms with Crippen molar-refractivity contribution in [2.45, 2.75) is 32.8 Å². The Morgan fingerprint density at radius 3 is 2.92 bits per heavy atom. The second kappa shape index (κ2) is 4.63. The van der Waals surface area contributed by atoms with Gasteiger partial charge in [-0.15, -0.1) is 0 Å². The molecule has 2 nitrogen and oxygen atoms in total. The number of aliphatic hydroxyl groups is 1. The lowest BCUT2D eigenvalue weighted by Crippen LogP contribution is -2.35. The van der Waals surface area contributed by atoms with Gasteiger partial charge in [0.1, 0.15) is 0 Å². The van der Waals surface area contributed by atoms with E-state index in [2.05, 4.69) is 17.9 Å². The summed E-state index contributed by atoms with van der Waals surface area (Å²) in [4.78, 5) is 2.31. The molecule has 0 unspecified atom stereocenters. The van der Waals surface area contributed by atoms with Crippen LogP contribution < -0.4 is 0 Å². The lowest BCUT2D eigenvalue weighted by Gasteiger charge is -2.26. The van der Waals surface area contributed by atoms with Crippen LogP contribution in [0.3, 0.4) is 0 Å². The lowest BCUT2D eigenvalue weighted by atomic mass is 10.1. The molecule has 0 aliphatic carbocycles. The van der Waals surface area contributed by atoms with Crippen molar-refractivity contribution in [1.29, 1.82) is 0 Å². The van der Waals surface area contributed by atoms with Crippen LogP contribution in [0.2, 0.25) is 0 Å². The molecule has 0 spiro atoms. The predicted molar refractivity (Wildman–Crippen MR) is 51.1 cm³/mol. The van der Waals surface area contributed by atoms with Crippen molar-refractivity contribution < 1.29 is 5.11 Å². The number of hydrogen-bond acceptors (Lipinski definition) is 2. The molecule has 1 atom stereocenters. The zero-order chi connectivity index (χ0) is 8.97. The summed E-state index contributed by atoms with van der Waals surface area (Å²) in [6, 6.07) is 0. The second-order valence-corrected chi connectivity index (χ2v) is 3.62. The first-order valence-electron chi connectivity index (χ1n) is 4.78. The van der Waals surface area contributed by atoms with Gasteiger partial charge in [0, 0.05) is 19.6 Å². The smallest absolute Gasteiger partial charge is 0.0664 e. The maximum atomic E-state index is 9.41. The Morgan fingerprint density at radius 1 is 1.67 bits per heavy atom. The molecule has 1 N–H and O–H groups in total. The molecule has 2 heteroatoms. The molecule has 1 rings (SSSR count). The van der Waals surface area contributed by atoms with Crippen LogP contribution in [0.15, 0.2) is 11.6 Å². The first kappa shape index (κ1) is 9.75. The third-order valence-electron chi connectivity index (χ3n) is 2.46. The minimum absolute atomic E-state index is 0.142. The van der Waals surface area contributed by atoms with E-state index in [1.54, 1.807) is 0 Å². The summed E-state index contributed by atoms with van der Waals surface area (Å²) in [6.45, 7) is 7.16. The molecule has 0 aromatic rings. The Kier molecular flexibility index (Phi) is 3.76.